The molecule has 7 fully saturated rings. The quantitative estimate of drug-likeness (QED) is 0.234. The molecule has 0 aromatic carbocycles. The van der Waals surface area contributed by atoms with Crippen molar-refractivity contribution in [2.75, 3.05) is 0 Å². The van der Waals surface area contributed by atoms with Crippen molar-refractivity contribution in [1.82, 2.24) is 0 Å². The van der Waals surface area contributed by atoms with Crippen LogP contribution < -0.4 is 0 Å². The molecule has 0 unspecified atom stereocenters. The molecular formula is C38H60O2. The maximum atomic E-state index is 13.7. The van der Waals surface area contributed by atoms with Crippen molar-refractivity contribution in [3.8, 4) is 0 Å². The molecule has 8 aliphatic rings. The summed E-state index contributed by atoms with van der Waals surface area (Å²) in [5, 5.41) is 0. The van der Waals surface area contributed by atoms with Crippen LogP contribution in [-0.2, 0) is 9.53 Å². The van der Waals surface area contributed by atoms with Crippen molar-refractivity contribution >= 4 is 5.97 Å². The summed E-state index contributed by atoms with van der Waals surface area (Å²) >= 11 is 0. The van der Waals surface area contributed by atoms with Crippen molar-refractivity contribution in [2.45, 2.75) is 150 Å². The third-order valence-electron chi connectivity index (χ3n) is 15.0. The molecule has 4 bridgehead atoms. The smallest absolute Gasteiger partial charge is 0.312 e. The number of carbonyl (C=O) groups is 1. The van der Waals surface area contributed by atoms with E-state index in [1.54, 1.807) is 5.57 Å². The summed E-state index contributed by atoms with van der Waals surface area (Å²) in [4.78, 5) is 13.7. The summed E-state index contributed by atoms with van der Waals surface area (Å²) in [5.74, 6) is 7.94. The lowest BCUT2D eigenvalue weighted by atomic mass is 9.47. The van der Waals surface area contributed by atoms with E-state index in [4.69, 9.17) is 4.74 Å². The first-order chi connectivity index (χ1) is 19.1. The van der Waals surface area contributed by atoms with Crippen LogP contribution in [0.3, 0.4) is 0 Å². The van der Waals surface area contributed by atoms with E-state index < -0.39 is 0 Å². The van der Waals surface area contributed by atoms with Gasteiger partial charge in [0.05, 0.1) is 5.41 Å². The van der Waals surface area contributed by atoms with Crippen LogP contribution in [0.5, 0.6) is 0 Å². The maximum absolute atomic E-state index is 13.7. The van der Waals surface area contributed by atoms with Gasteiger partial charge in [-0.25, -0.2) is 0 Å². The van der Waals surface area contributed by atoms with Crippen LogP contribution in [0.1, 0.15) is 144 Å². The zero-order valence-corrected chi connectivity index (χ0v) is 26.7. The molecule has 0 saturated heterocycles. The number of fused-ring (bicyclic) bond motifs is 5. The molecule has 0 spiro atoms. The third kappa shape index (κ3) is 4.49. The van der Waals surface area contributed by atoms with Crippen molar-refractivity contribution in [1.29, 1.82) is 0 Å². The number of esters is 1. The third-order valence-corrected chi connectivity index (χ3v) is 15.0. The van der Waals surface area contributed by atoms with Gasteiger partial charge in [0, 0.05) is 6.42 Å². The molecule has 8 aliphatic carbocycles. The SMILES string of the molecule is CC(C)CCC[C@@H](C)[C@H]1CC[C@H]2[C@@H]3CC=C4C[C@@H](OC(=O)C56CC7CC(CC(C7)C5)C6)CC[C@]4(C)[C@H]3CC[C@]12C. The number of ether oxygens (including phenoxy) is 1. The minimum Gasteiger partial charge on any atom is -0.462 e. The molecule has 2 heteroatoms. The van der Waals surface area contributed by atoms with Gasteiger partial charge in [0.15, 0.2) is 0 Å². The summed E-state index contributed by atoms with van der Waals surface area (Å²) in [6.45, 7) is 12.7. The number of carbonyl (C=O) groups excluding carboxylic acids is 1. The highest BCUT2D eigenvalue weighted by molar-refractivity contribution is 5.77. The van der Waals surface area contributed by atoms with Gasteiger partial charge in [0.1, 0.15) is 6.10 Å². The van der Waals surface area contributed by atoms with Gasteiger partial charge in [-0.2, -0.15) is 0 Å². The summed E-state index contributed by atoms with van der Waals surface area (Å²) in [5.41, 5.74) is 2.46. The van der Waals surface area contributed by atoms with Crippen molar-refractivity contribution < 1.29 is 9.53 Å². The van der Waals surface area contributed by atoms with Gasteiger partial charge in [0.2, 0.25) is 0 Å². The molecule has 40 heavy (non-hydrogen) atoms. The topological polar surface area (TPSA) is 26.3 Å². The predicted molar refractivity (Wildman–Crippen MR) is 164 cm³/mol. The average molecular weight is 549 g/mol. The molecule has 0 N–H and O–H groups in total. The number of allylic oxidation sites excluding steroid dienone is 1. The van der Waals surface area contributed by atoms with E-state index in [9.17, 15) is 4.79 Å². The Kier molecular flexibility index (Phi) is 7.10. The summed E-state index contributed by atoms with van der Waals surface area (Å²) < 4.78 is 6.50. The zero-order valence-electron chi connectivity index (χ0n) is 26.7. The molecule has 0 aromatic heterocycles. The predicted octanol–water partition coefficient (Wildman–Crippen LogP) is 10.2. The van der Waals surface area contributed by atoms with Crippen LogP contribution >= 0.6 is 0 Å². The highest BCUT2D eigenvalue weighted by atomic mass is 16.5. The molecule has 8 rings (SSSR count). The summed E-state index contributed by atoms with van der Waals surface area (Å²) in [6.07, 6.45) is 25.1. The molecule has 0 radical (unpaired) electrons. The van der Waals surface area contributed by atoms with Gasteiger partial charge in [-0.1, -0.05) is 65.5 Å². The van der Waals surface area contributed by atoms with E-state index in [0.29, 0.717) is 10.8 Å². The van der Waals surface area contributed by atoms with E-state index in [-0.39, 0.29) is 17.5 Å². The van der Waals surface area contributed by atoms with E-state index in [2.05, 4.69) is 40.7 Å². The fraction of sp³-hybridized carbons (Fsp3) is 0.921. The number of rotatable bonds is 7. The van der Waals surface area contributed by atoms with Crippen molar-refractivity contribution in [3.63, 3.8) is 0 Å². The molecular weight excluding hydrogens is 488 g/mol. The summed E-state index contributed by atoms with van der Waals surface area (Å²) in [7, 11) is 0. The Bertz CT molecular complexity index is 972. The molecule has 0 aromatic rings. The lowest BCUT2D eigenvalue weighted by Gasteiger charge is -2.58. The Morgan fingerprint density at radius 3 is 2.27 bits per heavy atom. The van der Waals surface area contributed by atoms with Gasteiger partial charge in [-0.15, -0.1) is 0 Å². The van der Waals surface area contributed by atoms with Gasteiger partial charge in [-0.05, 0) is 148 Å². The summed E-state index contributed by atoms with van der Waals surface area (Å²) in [6, 6.07) is 0. The largest absolute Gasteiger partial charge is 0.462 e. The first kappa shape index (κ1) is 28.0. The minimum absolute atomic E-state index is 0.111. The Labute approximate surface area is 246 Å². The number of hydrogen-bond acceptors (Lipinski definition) is 2. The van der Waals surface area contributed by atoms with E-state index >= 15 is 0 Å². The molecule has 0 amide bonds. The molecule has 8 atom stereocenters. The normalized spacial score (nSPS) is 49.7. The molecule has 7 saturated carbocycles. The Morgan fingerprint density at radius 1 is 0.900 bits per heavy atom. The Balaban J connectivity index is 1.01. The molecule has 0 heterocycles. The Hall–Kier alpha value is -0.790. The van der Waals surface area contributed by atoms with Gasteiger partial charge in [-0.3, -0.25) is 4.79 Å². The van der Waals surface area contributed by atoms with Crippen LogP contribution in [0.2, 0.25) is 0 Å². The second-order valence-corrected chi connectivity index (χ2v) is 17.8. The molecule has 0 aliphatic heterocycles. The Morgan fingerprint density at radius 2 is 1.60 bits per heavy atom. The second kappa shape index (κ2) is 10.1. The fourth-order valence-corrected chi connectivity index (χ4v) is 13.4. The fourth-order valence-electron chi connectivity index (χ4n) is 13.4. The van der Waals surface area contributed by atoms with Crippen LogP contribution in [0, 0.1) is 69.5 Å². The van der Waals surface area contributed by atoms with E-state index in [0.717, 1.165) is 85.4 Å². The highest BCUT2D eigenvalue weighted by Gasteiger charge is 2.60. The first-order valence-electron chi connectivity index (χ1n) is 18.0. The van der Waals surface area contributed by atoms with Crippen LogP contribution in [0.4, 0.5) is 0 Å². The van der Waals surface area contributed by atoms with Crippen LogP contribution in [-0.4, -0.2) is 12.1 Å². The van der Waals surface area contributed by atoms with E-state index in [1.165, 1.54) is 77.0 Å². The minimum atomic E-state index is -0.111. The lowest BCUT2D eigenvalue weighted by Crippen LogP contribution is -2.52. The van der Waals surface area contributed by atoms with Crippen molar-refractivity contribution in [3.05, 3.63) is 11.6 Å². The van der Waals surface area contributed by atoms with Gasteiger partial charge >= 0.3 is 5.97 Å². The van der Waals surface area contributed by atoms with E-state index in [1.807, 2.05) is 0 Å². The molecule has 224 valence electrons. The number of hydrogen-bond donors (Lipinski definition) is 0. The van der Waals surface area contributed by atoms with Crippen molar-refractivity contribution in [2.24, 2.45) is 69.5 Å². The second-order valence-electron chi connectivity index (χ2n) is 17.8. The maximum Gasteiger partial charge on any atom is 0.312 e. The standard InChI is InChI=1S/C38H60O2/c1-24(2)7-6-8-25(3)32-11-12-33-31-10-9-29-20-30(13-15-36(29,4)34(31)14-16-37(32,33)5)40-35(39)38-21-26-17-27(22-38)19-28(18-26)23-38/h9,24-28,30-34H,6-8,10-23H2,1-5H3/t25-,26?,27?,28?,30+,31+,32-,33+,34+,36+,37-,38?/m1/s1. The first-order valence-corrected chi connectivity index (χ1v) is 18.0. The monoisotopic (exact) mass is 548 g/mol. The van der Waals surface area contributed by atoms with Crippen LogP contribution in [0.25, 0.3) is 0 Å². The zero-order chi connectivity index (χ0) is 27.9. The van der Waals surface area contributed by atoms with Crippen LogP contribution in [0.15, 0.2) is 11.6 Å². The lowest BCUT2D eigenvalue weighted by molar-refractivity contribution is -0.179. The average Bonchev–Trinajstić information content (AvgIpc) is 3.25. The highest BCUT2D eigenvalue weighted by Crippen LogP contribution is 2.68. The van der Waals surface area contributed by atoms with Gasteiger partial charge < -0.3 is 4.74 Å². The van der Waals surface area contributed by atoms with Gasteiger partial charge in [0.25, 0.3) is 0 Å². The molecule has 2 nitrogen and oxygen atoms in total.